The molecule has 2 heterocycles. The molecule has 1 aliphatic heterocycles. The molecule has 5 unspecified atom stereocenters. The Morgan fingerprint density at radius 3 is 2.45 bits per heavy atom. The molecule has 0 radical (unpaired) electrons. The number of nitrogens with one attached hydrogen (secondary N) is 2. The number of amides is 4. The minimum atomic E-state index is -3.82. The van der Waals surface area contributed by atoms with E-state index in [2.05, 4.69) is 17.0 Å². The molecule has 2 aliphatic rings. The van der Waals surface area contributed by atoms with Crippen LogP contribution in [0.15, 0.2) is 30.4 Å². The second kappa shape index (κ2) is 17.3. The largest absolute Gasteiger partial charge is 0.459 e. The van der Waals surface area contributed by atoms with E-state index in [1.54, 1.807) is 20.8 Å². The lowest BCUT2D eigenvalue weighted by Gasteiger charge is -2.28. The SMILES string of the molecule is CCc1cccc2c1nc(OC1CC(C(N)=O)N(C(=O)C(CCCCCC=CC3CC3C(=O)NS(=O)(=O)N(C)C)NC(=O)OC(C)(C)C)C1)n2C(C)C. The van der Waals surface area contributed by atoms with Crippen LogP contribution in [0.3, 0.4) is 0 Å². The normalized spacial score (nSPS) is 21.0. The van der Waals surface area contributed by atoms with Crippen molar-refractivity contribution in [3.63, 3.8) is 0 Å². The zero-order valence-corrected chi connectivity index (χ0v) is 33.1. The third-order valence-electron chi connectivity index (χ3n) is 9.44. The van der Waals surface area contributed by atoms with Crippen molar-refractivity contribution < 1.29 is 37.1 Å². The highest BCUT2D eigenvalue weighted by molar-refractivity contribution is 7.87. The van der Waals surface area contributed by atoms with Crippen LogP contribution < -0.4 is 20.5 Å². The number of imidazole rings is 1. The van der Waals surface area contributed by atoms with Crippen LogP contribution in [0.25, 0.3) is 11.0 Å². The van der Waals surface area contributed by atoms with Gasteiger partial charge in [-0.1, -0.05) is 44.1 Å². The molecule has 294 valence electrons. The van der Waals surface area contributed by atoms with E-state index in [0.29, 0.717) is 25.3 Å². The zero-order valence-electron chi connectivity index (χ0n) is 32.3. The van der Waals surface area contributed by atoms with Gasteiger partial charge in [0, 0.05) is 32.5 Å². The fraction of sp³-hybridized carbons (Fsp3) is 0.649. The summed E-state index contributed by atoms with van der Waals surface area (Å²) in [5.41, 5.74) is 7.93. The number of para-hydroxylation sites is 1. The summed E-state index contributed by atoms with van der Waals surface area (Å²) in [6.45, 7) is 11.4. The minimum Gasteiger partial charge on any atom is -0.459 e. The van der Waals surface area contributed by atoms with Gasteiger partial charge in [-0.15, -0.1) is 0 Å². The maximum atomic E-state index is 14.1. The third-order valence-corrected chi connectivity index (χ3v) is 10.9. The number of hydrogen-bond acceptors (Lipinski definition) is 9. The number of carbonyl (C=O) groups is 4. The summed E-state index contributed by atoms with van der Waals surface area (Å²) in [6.07, 6.45) is 7.40. The minimum absolute atomic E-state index is 0.00261. The van der Waals surface area contributed by atoms with E-state index >= 15 is 0 Å². The first-order valence-electron chi connectivity index (χ1n) is 18.5. The zero-order chi connectivity index (χ0) is 39.2. The van der Waals surface area contributed by atoms with Crippen molar-refractivity contribution in [2.75, 3.05) is 20.6 Å². The summed E-state index contributed by atoms with van der Waals surface area (Å²) in [5, 5.41) is 2.73. The molecule has 1 saturated heterocycles. The molecule has 5 atom stereocenters. The molecule has 2 fully saturated rings. The summed E-state index contributed by atoms with van der Waals surface area (Å²) in [4.78, 5) is 58.2. The highest BCUT2D eigenvalue weighted by Crippen LogP contribution is 2.40. The quantitative estimate of drug-likeness (QED) is 0.158. The van der Waals surface area contributed by atoms with Crippen LogP contribution in [0, 0.1) is 11.8 Å². The Labute approximate surface area is 313 Å². The van der Waals surface area contributed by atoms with Crippen molar-refractivity contribution in [1.29, 1.82) is 0 Å². The molecule has 1 aromatic heterocycles. The van der Waals surface area contributed by atoms with Crippen LogP contribution in [0.4, 0.5) is 4.79 Å². The van der Waals surface area contributed by atoms with Gasteiger partial charge in [0.05, 0.1) is 17.6 Å². The summed E-state index contributed by atoms with van der Waals surface area (Å²) in [5.74, 6) is -1.97. The van der Waals surface area contributed by atoms with Crippen molar-refractivity contribution in [2.24, 2.45) is 17.6 Å². The van der Waals surface area contributed by atoms with Crippen LogP contribution >= 0.6 is 0 Å². The van der Waals surface area contributed by atoms with Crippen molar-refractivity contribution >= 4 is 45.1 Å². The van der Waals surface area contributed by atoms with E-state index in [4.69, 9.17) is 20.2 Å². The lowest BCUT2D eigenvalue weighted by molar-refractivity contribution is -0.139. The molecule has 4 rings (SSSR count). The Morgan fingerprint density at radius 1 is 1.11 bits per heavy atom. The number of ether oxygens (including phenoxy) is 2. The van der Waals surface area contributed by atoms with E-state index in [9.17, 15) is 27.6 Å². The Morgan fingerprint density at radius 2 is 1.83 bits per heavy atom. The lowest BCUT2D eigenvalue weighted by atomic mass is 10.0. The number of aromatic nitrogens is 2. The number of nitrogens with two attached hydrogens (primary N) is 1. The van der Waals surface area contributed by atoms with Crippen LogP contribution in [0.5, 0.6) is 6.01 Å². The summed E-state index contributed by atoms with van der Waals surface area (Å²) in [6, 6.07) is 4.59. The summed E-state index contributed by atoms with van der Waals surface area (Å²) < 4.78 is 40.8. The molecule has 0 bridgehead atoms. The van der Waals surface area contributed by atoms with E-state index < -0.39 is 57.8 Å². The lowest BCUT2D eigenvalue weighted by Crippen LogP contribution is -2.53. The molecular weight excluding hydrogens is 703 g/mol. The number of nitrogens with zero attached hydrogens (tertiary/aromatic N) is 4. The molecule has 0 spiro atoms. The average molecular weight is 760 g/mol. The Balaban J connectivity index is 1.38. The van der Waals surface area contributed by atoms with Crippen molar-refractivity contribution in [3.8, 4) is 6.01 Å². The van der Waals surface area contributed by atoms with Crippen molar-refractivity contribution in [3.05, 3.63) is 35.9 Å². The number of primary amides is 1. The van der Waals surface area contributed by atoms with Crippen LogP contribution in [0.1, 0.15) is 98.1 Å². The first-order valence-corrected chi connectivity index (χ1v) is 19.9. The number of alkyl carbamates (subject to hydrolysis) is 1. The monoisotopic (exact) mass is 759 g/mol. The van der Waals surface area contributed by atoms with E-state index in [1.807, 2.05) is 48.8 Å². The molecule has 4 N–H and O–H groups in total. The van der Waals surface area contributed by atoms with Gasteiger partial charge in [-0.05, 0) is 84.3 Å². The van der Waals surface area contributed by atoms with E-state index in [-0.39, 0.29) is 30.8 Å². The number of hydrogen-bond donors (Lipinski definition) is 3. The Kier molecular flexibility index (Phi) is 13.6. The third kappa shape index (κ3) is 10.9. The van der Waals surface area contributed by atoms with E-state index in [1.165, 1.54) is 19.0 Å². The Bertz CT molecular complexity index is 1780. The number of carbonyl (C=O) groups excluding carboxylic acids is 4. The van der Waals surface area contributed by atoms with Gasteiger partial charge in [0.25, 0.3) is 6.01 Å². The van der Waals surface area contributed by atoms with Crippen LogP contribution in [0.2, 0.25) is 0 Å². The maximum absolute atomic E-state index is 14.1. The summed E-state index contributed by atoms with van der Waals surface area (Å²) in [7, 11) is -1.10. The molecule has 53 heavy (non-hydrogen) atoms. The van der Waals surface area contributed by atoms with Gasteiger partial charge in [0.1, 0.15) is 23.8 Å². The van der Waals surface area contributed by atoms with Crippen LogP contribution in [-0.4, -0.2) is 95.4 Å². The smallest absolute Gasteiger partial charge is 0.408 e. The standard InChI is InChI=1S/C37H57N7O8S/c1-9-24-17-15-19-29-31(24)40-35(44(29)23(2)3)51-26-21-30(32(38)45)43(22-26)34(47)28(39-36(48)52-37(4,5)6)18-14-12-10-11-13-16-25-20-27(25)33(46)41-53(49,50)42(7)8/h13,15-17,19,23,25-28,30H,9-12,14,18,20-22H2,1-8H3,(H2,38,45)(H,39,48)(H,41,46). The molecule has 2 aromatic rings. The average Bonchev–Trinajstić information content (AvgIpc) is 3.55. The van der Waals surface area contributed by atoms with E-state index in [0.717, 1.165) is 46.6 Å². The second-order valence-electron chi connectivity index (χ2n) is 15.4. The Hall–Kier alpha value is -4.18. The number of likely N-dealkylation sites (tertiary alicyclic amines) is 1. The molecule has 1 saturated carbocycles. The molecule has 16 heteroatoms. The number of unbranched alkanes of at least 4 members (excludes halogenated alkanes) is 3. The fourth-order valence-electron chi connectivity index (χ4n) is 6.56. The molecule has 1 aromatic carbocycles. The van der Waals surface area contributed by atoms with Gasteiger partial charge >= 0.3 is 16.3 Å². The number of benzene rings is 1. The van der Waals surface area contributed by atoms with Crippen LogP contribution in [-0.2, 0) is 35.8 Å². The second-order valence-corrected chi connectivity index (χ2v) is 17.3. The highest BCUT2D eigenvalue weighted by Gasteiger charge is 2.44. The van der Waals surface area contributed by atoms with Gasteiger partial charge in [-0.3, -0.25) is 19.0 Å². The van der Waals surface area contributed by atoms with Gasteiger partial charge in [-0.25, -0.2) is 9.52 Å². The topological polar surface area (TPSA) is 195 Å². The predicted octanol–water partition coefficient (Wildman–Crippen LogP) is 3.97. The van der Waals surface area contributed by atoms with Gasteiger partial charge < -0.3 is 25.4 Å². The van der Waals surface area contributed by atoms with Gasteiger partial charge in [0.15, 0.2) is 0 Å². The van der Waals surface area contributed by atoms with Crippen molar-refractivity contribution in [1.82, 2.24) is 28.8 Å². The number of allylic oxidation sites excluding steroid dienone is 2. The molecule has 4 amide bonds. The van der Waals surface area contributed by atoms with Crippen molar-refractivity contribution in [2.45, 2.75) is 123 Å². The van der Waals surface area contributed by atoms with Gasteiger partial charge in [0.2, 0.25) is 17.7 Å². The first-order chi connectivity index (χ1) is 24.8. The predicted molar refractivity (Wildman–Crippen MR) is 201 cm³/mol. The molecular formula is C37H57N7O8S. The summed E-state index contributed by atoms with van der Waals surface area (Å²) >= 11 is 0. The number of aryl methyl sites for hydroxylation is 1. The highest BCUT2D eigenvalue weighted by atomic mass is 32.2. The number of fused-ring (bicyclic) bond motifs is 1. The molecule has 15 nitrogen and oxygen atoms in total. The molecule has 1 aliphatic carbocycles. The first kappa shape index (κ1) is 41.6. The van der Waals surface area contributed by atoms with Gasteiger partial charge in [-0.2, -0.15) is 17.7 Å². The number of rotatable bonds is 17. The fourth-order valence-corrected chi connectivity index (χ4v) is 7.14. The maximum Gasteiger partial charge on any atom is 0.408 e.